The second-order valence-electron chi connectivity index (χ2n) is 9.98. The molecule has 0 spiro atoms. The standard InChI is InChI=1S/C27H32FN7O3/c28-20-7-3-18(4-8-20)23-16-25(23)29-13-1-2-24(27(38)34-14-11-22(36)12-15-34)31-26(37)19-5-9-21(10-6-19)35-17-30-32-33-35/h3-10,17,22-25,29,36H,1-2,11-16H2,(H,31,37)/t23-,24-,25+/m0/s1. The minimum Gasteiger partial charge on any atom is -0.393 e. The molecular formula is C27H32FN7O3. The number of aliphatic hydroxyl groups excluding tert-OH is 1. The van der Waals surface area contributed by atoms with E-state index in [1.54, 1.807) is 29.2 Å². The number of nitrogens with zero attached hydrogens (tertiary/aromatic N) is 5. The summed E-state index contributed by atoms with van der Waals surface area (Å²) in [6, 6.07) is 13.2. The van der Waals surface area contributed by atoms with E-state index >= 15 is 0 Å². The van der Waals surface area contributed by atoms with Gasteiger partial charge in [-0.05, 0) is 91.0 Å². The van der Waals surface area contributed by atoms with Gasteiger partial charge in [-0.1, -0.05) is 12.1 Å². The van der Waals surface area contributed by atoms with Gasteiger partial charge in [0.15, 0.2) is 0 Å². The summed E-state index contributed by atoms with van der Waals surface area (Å²) < 4.78 is 14.7. The molecule has 10 nitrogen and oxygen atoms in total. The van der Waals surface area contributed by atoms with Crippen molar-refractivity contribution < 1.29 is 19.1 Å². The van der Waals surface area contributed by atoms with Crippen molar-refractivity contribution in [3.63, 3.8) is 0 Å². The van der Waals surface area contributed by atoms with Crippen LogP contribution >= 0.6 is 0 Å². The van der Waals surface area contributed by atoms with Crippen LogP contribution in [0.5, 0.6) is 0 Å². The summed E-state index contributed by atoms with van der Waals surface area (Å²) in [7, 11) is 0. The molecule has 1 aliphatic carbocycles. The van der Waals surface area contributed by atoms with E-state index in [1.165, 1.54) is 23.1 Å². The largest absolute Gasteiger partial charge is 0.393 e. The average Bonchev–Trinajstić information content (AvgIpc) is 3.49. The van der Waals surface area contributed by atoms with Crippen molar-refractivity contribution in [2.24, 2.45) is 0 Å². The quantitative estimate of drug-likeness (QED) is 0.348. The predicted molar refractivity (Wildman–Crippen MR) is 137 cm³/mol. The Bertz CT molecular complexity index is 1210. The molecule has 0 bridgehead atoms. The zero-order chi connectivity index (χ0) is 26.5. The first kappa shape index (κ1) is 25.9. The third kappa shape index (κ3) is 6.40. The van der Waals surface area contributed by atoms with E-state index < -0.39 is 6.04 Å². The van der Waals surface area contributed by atoms with E-state index in [2.05, 4.69) is 26.2 Å². The van der Waals surface area contributed by atoms with Crippen molar-refractivity contribution in [2.45, 2.75) is 56.2 Å². The number of halogens is 1. The van der Waals surface area contributed by atoms with Gasteiger partial charge in [-0.15, -0.1) is 5.10 Å². The van der Waals surface area contributed by atoms with Crippen LogP contribution in [0.15, 0.2) is 54.9 Å². The molecule has 5 rings (SSSR count). The zero-order valence-electron chi connectivity index (χ0n) is 21.0. The van der Waals surface area contributed by atoms with Gasteiger partial charge in [0.2, 0.25) is 5.91 Å². The van der Waals surface area contributed by atoms with Crippen LogP contribution in [0.4, 0.5) is 4.39 Å². The molecule has 3 aromatic rings. The fraction of sp³-hybridized carbons (Fsp3) is 0.444. The van der Waals surface area contributed by atoms with Crippen molar-refractivity contribution >= 4 is 11.8 Å². The second-order valence-corrected chi connectivity index (χ2v) is 9.98. The summed E-state index contributed by atoms with van der Waals surface area (Å²) in [5.41, 5.74) is 2.28. The molecule has 2 amide bonds. The van der Waals surface area contributed by atoms with Gasteiger partial charge in [-0.25, -0.2) is 9.07 Å². The third-order valence-electron chi connectivity index (χ3n) is 7.29. The predicted octanol–water partition coefficient (Wildman–Crippen LogP) is 1.81. The van der Waals surface area contributed by atoms with Crippen molar-refractivity contribution in [3.8, 4) is 5.69 Å². The van der Waals surface area contributed by atoms with Crippen molar-refractivity contribution in [2.75, 3.05) is 19.6 Å². The van der Waals surface area contributed by atoms with Crippen molar-refractivity contribution in [1.82, 2.24) is 35.7 Å². The fourth-order valence-corrected chi connectivity index (χ4v) is 4.94. The molecule has 3 atom stereocenters. The molecular weight excluding hydrogens is 489 g/mol. The molecule has 2 fully saturated rings. The number of amides is 2. The third-order valence-corrected chi connectivity index (χ3v) is 7.29. The fourth-order valence-electron chi connectivity index (χ4n) is 4.94. The molecule has 1 saturated carbocycles. The van der Waals surface area contributed by atoms with Crippen LogP contribution in [0, 0.1) is 5.82 Å². The highest BCUT2D eigenvalue weighted by Crippen LogP contribution is 2.40. The first-order chi connectivity index (χ1) is 18.5. The highest BCUT2D eigenvalue weighted by atomic mass is 19.1. The second kappa shape index (κ2) is 11.8. The highest BCUT2D eigenvalue weighted by molar-refractivity contribution is 5.97. The Labute approximate surface area is 220 Å². The van der Waals surface area contributed by atoms with Gasteiger partial charge in [0.05, 0.1) is 11.8 Å². The minimum absolute atomic E-state index is 0.119. The average molecular weight is 522 g/mol. The van der Waals surface area contributed by atoms with E-state index in [-0.39, 0.29) is 23.7 Å². The molecule has 3 N–H and O–H groups in total. The molecule has 11 heteroatoms. The molecule has 2 aliphatic rings. The summed E-state index contributed by atoms with van der Waals surface area (Å²) in [4.78, 5) is 28.1. The molecule has 0 radical (unpaired) electrons. The number of nitrogens with one attached hydrogen (secondary N) is 2. The number of carbonyl (C=O) groups is 2. The molecule has 1 aromatic heterocycles. The molecule has 2 aromatic carbocycles. The van der Waals surface area contributed by atoms with Gasteiger partial charge in [-0.2, -0.15) is 0 Å². The van der Waals surface area contributed by atoms with Crippen molar-refractivity contribution in [3.05, 3.63) is 71.8 Å². The number of tetrazole rings is 1. The first-order valence-electron chi connectivity index (χ1n) is 13.1. The van der Waals surface area contributed by atoms with Crippen LogP contribution in [0.1, 0.15) is 53.9 Å². The zero-order valence-corrected chi connectivity index (χ0v) is 21.0. The van der Waals surface area contributed by atoms with Gasteiger partial charge in [0.1, 0.15) is 18.2 Å². The van der Waals surface area contributed by atoms with E-state index in [9.17, 15) is 19.1 Å². The van der Waals surface area contributed by atoms with E-state index in [0.29, 0.717) is 62.8 Å². The summed E-state index contributed by atoms with van der Waals surface area (Å²) in [5.74, 6) is -0.298. The van der Waals surface area contributed by atoms with Crippen LogP contribution in [0.25, 0.3) is 5.69 Å². The SMILES string of the molecule is O=C(N[C@@H](CCCN[C@@H]1C[C@H]1c1ccc(F)cc1)C(=O)N1CCC(O)CC1)c1ccc(-n2cnnn2)cc1. The number of aliphatic hydroxyl groups is 1. The molecule has 200 valence electrons. The number of benzene rings is 2. The first-order valence-corrected chi connectivity index (χ1v) is 13.1. The normalized spacial score (nSPS) is 20.2. The van der Waals surface area contributed by atoms with Gasteiger partial charge in [-0.3, -0.25) is 9.59 Å². The van der Waals surface area contributed by atoms with Crippen LogP contribution < -0.4 is 10.6 Å². The lowest BCUT2D eigenvalue weighted by Gasteiger charge is -2.32. The number of hydrogen-bond donors (Lipinski definition) is 3. The lowest BCUT2D eigenvalue weighted by atomic mass is 10.0. The lowest BCUT2D eigenvalue weighted by Crippen LogP contribution is -2.51. The maximum atomic E-state index is 13.3. The Morgan fingerprint density at radius 3 is 2.50 bits per heavy atom. The summed E-state index contributed by atoms with van der Waals surface area (Å²) >= 11 is 0. The minimum atomic E-state index is -0.661. The Kier molecular flexibility index (Phi) is 8.04. The van der Waals surface area contributed by atoms with Gasteiger partial charge in [0, 0.05) is 30.6 Å². The van der Waals surface area contributed by atoms with Crippen LogP contribution in [0.3, 0.4) is 0 Å². The maximum Gasteiger partial charge on any atom is 0.251 e. The Morgan fingerprint density at radius 2 is 1.82 bits per heavy atom. The van der Waals surface area contributed by atoms with E-state index in [4.69, 9.17) is 0 Å². The van der Waals surface area contributed by atoms with Gasteiger partial charge >= 0.3 is 0 Å². The van der Waals surface area contributed by atoms with Gasteiger partial charge < -0.3 is 20.6 Å². The molecule has 1 saturated heterocycles. The number of rotatable bonds is 10. The number of carbonyl (C=O) groups excluding carboxylic acids is 2. The summed E-state index contributed by atoms with van der Waals surface area (Å²) in [6.45, 7) is 1.67. The number of likely N-dealkylation sites (tertiary alicyclic amines) is 1. The Morgan fingerprint density at radius 1 is 1.08 bits per heavy atom. The Hall–Kier alpha value is -3.70. The topological polar surface area (TPSA) is 125 Å². The van der Waals surface area contributed by atoms with E-state index in [0.717, 1.165) is 17.7 Å². The van der Waals surface area contributed by atoms with Crippen LogP contribution in [-0.4, -0.2) is 79.8 Å². The Balaban J connectivity index is 1.16. The summed E-state index contributed by atoms with van der Waals surface area (Å²) in [5, 5.41) is 27.4. The highest BCUT2D eigenvalue weighted by Gasteiger charge is 2.37. The van der Waals surface area contributed by atoms with E-state index in [1.807, 2.05) is 12.1 Å². The number of aromatic nitrogens is 4. The smallest absolute Gasteiger partial charge is 0.251 e. The monoisotopic (exact) mass is 521 g/mol. The molecule has 1 aliphatic heterocycles. The van der Waals surface area contributed by atoms with Crippen LogP contribution in [-0.2, 0) is 4.79 Å². The number of piperidine rings is 1. The van der Waals surface area contributed by atoms with Gasteiger partial charge in [0.25, 0.3) is 5.91 Å². The maximum absolute atomic E-state index is 13.3. The van der Waals surface area contributed by atoms with Crippen molar-refractivity contribution in [1.29, 1.82) is 0 Å². The van der Waals surface area contributed by atoms with Crippen LogP contribution in [0.2, 0.25) is 0 Å². The summed E-state index contributed by atoms with van der Waals surface area (Å²) in [6.07, 6.45) is 4.37. The lowest BCUT2D eigenvalue weighted by molar-refractivity contribution is -0.135. The number of hydrogen-bond acceptors (Lipinski definition) is 7. The molecule has 38 heavy (non-hydrogen) atoms. The molecule has 0 unspecified atom stereocenters. The molecule has 2 heterocycles.